The molecule has 13 heavy (non-hydrogen) atoms. The van der Waals surface area contributed by atoms with Crippen molar-refractivity contribution in [2.75, 3.05) is 5.75 Å². The van der Waals surface area contributed by atoms with E-state index in [4.69, 9.17) is 0 Å². The van der Waals surface area contributed by atoms with Crippen molar-refractivity contribution in [3.8, 4) is 0 Å². The van der Waals surface area contributed by atoms with Crippen molar-refractivity contribution in [3.05, 3.63) is 6.33 Å². The molecule has 1 N–H and O–H groups in total. The SMILES string of the molecule is CC(=O)CCCCSc1ncn[nH]1. The van der Waals surface area contributed by atoms with E-state index in [1.807, 2.05) is 0 Å². The fourth-order valence-electron chi connectivity index (χ4n) is 0.909. The summed E-state index contributed by atoms with van der Waals surface area (Å²) < 4.78 is 0. The topological polar surface area (TPSA) is 58.6 Å². The predicted molar refractivity (Wildman–Crippen MR) is 51.6 cm³/mol. The van der Waals surface area contributed by atoms with Crippen LogP contribution in [0.2, 0.25) is 0 Å². The van der Waals surface area contributed by atoms with Gasteiger partial charge in [-0.05, 0) is 19.8 Å². The number of carbonyl (C=O) groups excluding carboxylic acids is 1. The third-order valence-electron chi connectivity index (χ3n) is 1.55. The summed E-state index contributed by atoms with van der Waals surface area (Å²) in [6.07, 6.45) is 4.20. The molecule has 72 valence electrons. The lowest BCUT2D eigenvalue weighted by atomic mass is 10.2. The number of nitrogens with one attached hydrogen (secondary N) is 1. The van der Waals surface area contributed by atoms with Crippen molar-refractivity contribution >= 4 is 17.5 Å². The molecule has 1 aromatic heterocycles. The summed E-state index contributed by atoms with van der Waals surface area (Å²) in [5.41, 5.74) is 0. The molecule has 0 aliphatic heterocycles. The van der Waals surface area contributed by atoms with Gasteiger partial charge in [-0.15, -0.1) is 0 Å². The third-order valence-corrected chi connectivity index (χ3v) is 2.52. The molecule has 0 radical (unpaired) electrons. The van der Waals surface area contributed by atoms with Gasteiger partial charge >= 0.3 is 0 Å². The molecule has 0 aromatic carbocycles. The van der Waals surface area contributed by atoms with E-state index < -0.39 is 0 Å². The van der Waals surface area contributed by atoms with Crippen molar-refractivity contribution in [1.29, 1.82) is 0 Å². The Balaban J connectivity index is 1.99. The second-order valence-corrected chi connectivity index (χ2v) is 3.88. The van der Waals surface area contributed by atoms with Crippen molar-refractivity contribution in [1.82, 2.24) is 15.2 Å². The number of thioether (sulfide) groups is 1. The molecule has 0 aliphatic carbocycles. The highest BCUT2D eigenvalue weighted by atomic mass is 32.2. The zero-order valence-electron chi connectivity index (χ0n) is 7.62. The van der Waals surface area contributed by atoms with Gasteiger partial charge < -0.3 is 4.79 Å². The smallest absolute Gasteiger partial charge is 0.183 e. The number of aromatic amines is 1. The number of rotatable bonds is 6. The monoisotopic (exact) mass is 199 g/mol. The second kappa shape index (κ2) is 5.75. The summed E-state index contributed by atoms with van der Waals surface area (Å²) in [4.78, 5) is 14.6. The number of carbonyl (C=O) groups is 1. The van der Waals surface area contributed by atoms with Crippen LogP contribution in [0.3, 0.4) is 0 Å². The van der Waals surface area contributed by atoms with Crippen molar-refractivity contribution in [3.63, 3.8) is 0 Å². The summed E-state index contributed by atoms with van der Waals surface area (Å²) >= 11 is 1.64. The maximum absolute atomic E-state index is 10.6. The van der Waals surface area contributed by atoms with E-state index in [0.717, 1.165) is 23.8 Å². The molecule has 0 saturated carbocycles. The molecule has 0 saturated heterocycles. The Morgan fingerprint density at radius 1 is 1.62 bits per heavy atom. The van der Waals surface area contributed by atoms with Crippen LogP contribution in [0.15, 0.2) is 11.5 Å². The average molecular weight is 199 g/mol. The number of hydrogen-bond donors (Lipinski definition) is 1. The molecule has 1 rings (SSSR count). The maximum atomic E-state index is 10.6. The van der Waals surface area contributed by atoms with Gasteiger partial charge in [-0.25, -0.2) is 4.98 Å². The Hall–Kier alpha value is -0.840. The molecular weight excluding hydrogens is 186 g/mol. The second-order valence-electron chi connectivity index (χ2n) is 2.80. The summed E-state index contributed by atoms with van der Waals surface area (Å²) in [7, 11) is 0. The number of aromatic nitrogens is 3. The van der Waals surface area contributed by atoms with E-state index >= 15 is 0 Å². The number of H-pyrrole nitrogens is 1. The fraction of sp³-hybridized carbons (Fsp3) is 0.625. The van der Waals surface area contributed by atoms with Crippen LogP contribution in [0, 0.1) is 0 Å². The molecule has 5 heteroatoms. The van der Waals surface area contributed by atoms with E-state index in [0.29, 0.717) is 6.42 Å². The highest BCUT2D eigenvalue weighted by Crippen LogP contribution is 2.13. The zero-order valence-corrected chi connectivity index (χ0v) is 8.43. The van der Waals surface area contributed by atoms with Crippen LogP contribution in [0.1, 0.15) is 26.2 Å². The normalized spacial score (nSPS) is 10.2. The molecular formula is C8H13N3OS. The molecule has 0 bridgehead atoms. The van der Waals surface area contributed by atoms with E-state index in [-0.39, 0.29) is 5.78 Å². The zero-order chi connectivity index (χ0) is 9.52. The standard InChI is InChI=1S/C8H13N3OS/c1-7(12)4-2-3-5-13-8-9-6-10-11-8/h6H,2-5H2,1H3,(H,9,10,11). The van der Waals surface area contributed by atoms with Gasteiger partial charge in [0.05, 0.1) is 0 Å². The van der Waals surface area contributed by atoms with E-state index in [1.54, 1.807) is 18.7 Å². The minimum atomic E-state index is 0.268. The predicted octanol–water partition coefficient (Wildman–Crippen LogP) is 1.66. The molecule has 0 spiro atoms. The van der Waals surface area contributed by atoms with Crippen LogP contribution < -0.4 is 0 Å². The van der Waals surface area contributed by atoms with Gasteiger partial charge in [0.1, 0.15) is 12.1 Å². The van der Waals surface area contributed by atoms with Crippen LogP contribution in [0.25, 0.3) is 0 Å². The average Bonchev–Trinajstić information content (AvgIpc) is 2.55. The molecule has 4 nitrogen and oxygen atoms in total. The minimum absolute atomic E-state index is 0.268. The number of unbranched alkanes of at least 4 members (excludes halogenated alkanes) is 1. The quantitative estimate of drug-likeness (QED) is 0.559. The Morgan fingerprint density at radius 3 is 3.08 bits per heavy atom. The lowest BCUT2D eigenvalue weighted by Crippen LogP contribution is -1.90. The van der Waals surface area contributed by atoms with Gasteiger partial charge in [-0.3, -0.25) is 5.10 Å². The summed E-state index contributed by atoms with van der Waals surface area (Å²) in [5, 5.41) is 7.36. The fourth-order valence-corrected chi connectivity index (χ4v) is 1.69. The number of hydrogen-bond acceptors (Lipinski definition) is 4. The van der Waals surface area contributed by atoms with Crippen LogP contribution in [-0.4, -0.2) is 26.7 Å². The first kappa shape index (κ1) is 10.2. The summed E-state index contributed by atoms with van der Waals surface area (Å²) in [6.45, 7) is 1.63. The van der Waals surface area contributed by atoms with Gasteiger partial charge in [-0.1, -0.05) is 11.8 Å². The van der Waals surface area contributed by atoms with Gasteiger partial charge in [0.2, 0.25) is 0 Å². The highest BCUT2D eigenvalue weighted by Gasteiger charge is 1.97. The first-order valence-corrected chi connectivity index (χ1v) is 5.25. The summed E-state index contributed by atoms with van der Waals surface area (Å²) in [6, 6.07) is 0. The lowest BCUT2D eigenvalue weighted by Gasteiger charge is -1.96. The third kappa shape index (κ3) is 4.67. The van der Waals surface area contributed by atoms with Crippen LogP contribution in [0.5, 0.6) is 0 Å². The number of Topliss-reactive ketones (excluding diaryl/α,β-unsaturated/α-hetero) is 1. The van der Waals surface area contributed by atoms with Crippen molar-refractivity contribution in [2.45, 2.75) is 31.3 Å². The molecule has 0 fully saturated rings. The van der Waals surface area contributed by atoms with Crippen molar-refractivity contribution in [2.24, 2.45) is 0 Å². The van der Waals surface area contributed by atoms with Gasteiger partial charge in [0, 0.05) is 12.2 Å². The molecule has 1 aromatic rings. The van der Waals surface area contributed by atoms with E-state index in [1.165, 1.54) is 6.33 Å². The minimum Gasteiger partial charge on any atom is -0.300 e. The number of ketones is 1. The Kier molecular flexibility index (Phi) is 4.53. The Labute approximate surface area is 81.5 Å². The summed E-state index contributed by atoms with van der Waals surface area (Å²) in [5.74, 6) is 1.26. The van der Waals surface area contributed by atoms with Crippen molar-refractivity contribution < 1.29 is 4.79 Å². The molecule has 0 atom stereocenters. The first-order chi connectivity index (χ1) is 6.29. The maximum Gasteiger partial charge on any atom is 0.183 e. The molecule has 0 unspecified atom stereocenters. The van der Waals surface area contributed by atoms with E-state index in [2.05, 4.69) is 15.2 Å². The molecule has 0 aliphatic rings. The van der Waals surface area contributed by atoms with Gasteiger partial charge in [0.25, 0.3) is 0 Å². The number of nitrogens with zero attached hydrogens (tertiary/aromatic N) is 2. The highest BCUT2D eigenvalue weighted by molar-refractivity contribution is 7.99. The first-order valence-electron chi connectivity index (χ1n) is 4.26. The molecule has 0 amide bonds. The van der Waals surface area contributed by atoms with Gasteiger partial charge in [-0.2, -0.15) is 5.10 Å². The van der Waals surface area contributed by atoms with E-state index in [9.17, 15) is 4.79 Å². The van der Waals surface area contributed by atoms with Crippen LogP contribution in [-0.2, 0) is 4.79 Å². The largest absolute Gasteiger partial charge is 0.300 e. The Bertz CT molecular complexity index is 248. The van der Waals surface area contributed by atoms with Crippen LogP contribution >= 0.6 is 11.8 Å². The Morgan fingerprint density at radius 2 is 2.46 bits per heavy atom. The van der Waals surface area contributed by atoms with Gasteiger partial charge in [0.15, 0.2) is 5.16 Å². The molecule has 1 heterocycles. The lowest BCUT2D eigenvalue weighted by molar-refractivity contribution is -0.117. The van der Waals surface area contributed by atoms with Crippen LogP contribution in [0.4, 0.5) is 0 Å².